The van der Waals surface area contributed by atoms with E-state index in [1.54, 1.807) is 38.1 Å². The molecule has 1 aliphatic heterocycles. The summed E-state index contributed by atoms with van der Waals surface area (Å²) in [5.41, 5.74) is 0.498. The molecule has 0 spiro atoms. The number of carbonyl (C=O) groups excluding carboxylic acids is 1. The van der Waals surface area contributed by atoms with Crippen LogP contribution in [-0.4, -0.2) is 52.3 Å². The Bertz CT molecular complexity index is 1200. The number of nitrogens with one attached hydrogen (secondary N) is 1. The van der Waals surface area contributed by atoms with Crippen molar-refractivity contribution in [2.75, 3.05) is 18.4 Å². The lowest BCUT2D eigenvalue weighted by atomic mass is 10.2. The number of carbonyl (C=O) groups is 1. The Kier molecular flexibility index (Phi) is 6.63. The number of rotatable bonds is 7. The number of piperidine rings is 1. The maximum atomic E-state index is 12.9. The molecule has 10 nitrogen and oxygen atoms in total. The van der Waals surface area contributed by atoms with Crippen LogP contribution in [0.5, 0.6) is 0 Å². The van der Waals surface area contributed by atoms with E-state index in [9.17, 15) is 13.2 Å². The first kappa shape index (κ1) is 22.5. The van der Waals surface area contributed by atoms with Crippen molar-refractivity contribution in [2.45, 2.75) is 48.5 Å². The zero-order valence-corrected chi connectivity index (χ0v) is 19.3. The minimum atomic E-state index is -3.57. The summed E-state index contributed by atoms with van der Waals surface area (Å²) in [6.45, 7) is 4.49. The first-order chi connectivity index (χ1) is 15.3. The van der Waals surface area contributed by atoms with Gasteiger partial charge in [0.15, 0.2) is 5.82 Å². The van der Waals surface area contributed by atoms with Gasteiger partial charge in [-0.05, 0) is 44.9 Å². The molecule has 12 heteroatoms. The van der Waals surface area contributed by atoms with Gasteiger partial charge in [0.25, 0.3) is 5.22 Å². The van der Waals surface area contributed by atoms with Crippen LogP contribution in [0.3, 0.4) is 0 Å². The quantitative estimate of drug-likeness (QED) is 0.509. The summed E-state index contributed by atoms with van der Waals surface area (Å²) >= 11 is 1.09. The molecule has 32 heavy (non-hydrogen) atoms. The number of hydrogen-bond donors (Lipinski definition) is 1. The van der Waals surface area contributed by atoms with E-state index in [4.69, 9.17) is 8.94 Å². The summed E-state index contributed by atoms with van der Waals surface area (Å²) in [6.07, 6.45) is 2.78. The van der Waals surface area contributed by atoms with Crippen LogP contribution in [0.2, 0.25) is 0 Å². The second kappa shape index (κ2) is 9.43. The van der Waals surface area contributed by atoms with Gasteiger partial charge in [-0.25, -0.2) is 8.42 Å². The molecule has 170 valence electrons. The SMILES string of the molecule is Cc1cc(NC(=O)[C@H](C)Sc2nnc(-c3cccc(S(=O)(=O)N4CCCCC4)c3)o2)no1. The number of anilines is 1. The zero-order chi connectivity index (χ0) is 22.7. The Morgan fingerprint density at radius 2 is 1.97 bits per heavy atom. The largest absolute Gasteiger partial charge is 0.411 e. The Balaban J connectivity index is 1.45. The molecule has 1 N–H and O–H groups in total. The fraction of sp³-hybridized carbons (Fsp3) is 0.400. The highest BCUT2D eigenvalue weighted by Crippen LogP contribution is 2.29. The molecule has 0 radical (unpaired) electrons. The minimum Gasteiger partial charge on any atom is -0.411 e. The lowest BCUT2D eigenvalue weighted by Crippen LogP contribution is -2.35. The van der Waals surface area contributed by atoms with E-state index in [1.807, 2.05) is 0 Å². The third-order valence-corrected chi connectivity index (χ3v) is 7.80. The van der Waals surface area contributed by atoms with Crippen molar-refractivity contribution < 1.29 is 22.2 Å². The van der Waals surface area contributed by atoms with E-state index in [1.165, 1.54) is 10.4 Å². The summed E-state index contributed by atoms with van der Waals surface area (Å²) in [7, 11) is -3.57. The summed E-state index contributed by atoms with van der Waals surface area (Å²) in [6, 6.07) is 8.08. The number of thioether (sulfide) groups is 1. The van der Waals surface area contributed by atoms with E-state index in [0.717, 1.165) is 31.0 Å². The topological polar surface area (TPSA) is 131 Å². The summed E-state index contributed by atoms with van der Waals surface area (Å²) in [4.78, 5) is 12.5. The highest BCUT2D eigenvalue weighted by Gasteiger charge is 2.27. The number of amides is 1. The van der Waals surface area contributed by atoms with E-state index in [-0.39, 0.29) is 21.9 Å². The molecule has 3 aromatic rings. The molecule has 1 atom stereocenters. The maximum Gasteiger partial charge on any atom is 0.277 e. The molecule has 2 aromatic heterocycles. The van der Waals surface area contributed by atoms with Gasteiger partial charge in [-0.1, -0.05) is 29.4 Å². The fourth-order valence-corrected chi connectivity index (χ4v) is 5.52. The highest BCUT2D eigenvalue weighted by molar-refractivity contribution is 8.00. The van der Waals surface area contributed by atoms with Gasteiger partial charge in [-0.3, -0.25) is 4.79 Å². The molecular formula is C20H23N5O5S2. The normalized spacial score (nSPS) is 16.1. The van der Waals surface area contributed by atoms with Crippen LogP contribution in [0.4, 0.5) is 5.82 Å². The Morgan fingerprint density at radius 1 is 1.19 bits per heavy atom. The Labute approximate surface area is 189 Å². The number of aryl methyl sites for hydroxylation is 1. The summed E-state index contributed by atoms with van der Waals surface area (Å²) < 4.78 is 38.0. The van der Waals surface area contributed by atoms with Crippen molar-refractivity contribution >= 4 is 33.5 Å². The number of hydrogen-bond acceptors (Lipinski definition) is 9. The van der Waals surface area contributed by atoms with E-state index in [0.29, 0.717) is 30.2 Å². The van der Waals surface area contributed by atoms with Gasteiger partial charge < -0.3 is 14.3 Å². The number of sulfonamides is 1. The third-order valence-electron chi connectivity index (χ3n) is 4.97. The van der Waals surface area contributed by atoms with Gasteiger partial charge in [0.05, 0.1) is 10.1 Å². The molecule has 4 rings (SSSR count). The summed E-state index contributed by atoms with van der Waals surface area (Å²) in [5.74, 6) is 0.810. The molecule has 0 unspecified atom stereocenters. The third kappa shape index (κ3) is 5.03. The number of aromatic nitrogens is 3. The fourth-order valence-electron chi connectivity index (χ4n) is 3.28. The molecule has 3 heterocycles. The van der Waals surface area contributed by atoms with Gasteiger partial charge in [-0.2, -0.15) is 4.31 Å². The lowest BCUT2D eigenvalue weighted by molar-refractivity contribution is -0.115. The standard InChI is InChI=1S/C20H23N5O5S2/c1-13-11-17(24-30-13)21-18(26)14(2)31-20-23-22-19(29-20)15-7-6-8-16(12-15)32(27,28)25-9-4-3-5-10-25/h6-8,11-12,14H,3-5,9-10H2,1-2H3,(H,21,24,26)/t14-/m0/s1. The molecule has 1 amide bonds. The molecular weight excluding hydrogens is 454 g/mol. The maximum absolute atomic E-state index is 12.9. The highest BCUT2D eigenvalue weighted by atomic mass is 32.2. The van der Waals surface area contributed by atoms with E-state index >= 15 is 0 Å². The lowest BCUT2D eigenvalue weighted by Gasteiger charge is -2.25. The van der Waals surface area contributed by atoms with Crippen molar-refractivity contribution in [3.63, 3.8) is 0 Å². The van der Waals surface area contributed by atoms with Crippen molar-refractivity contribution in [1.29, 1.82) is 0 Å². The van der Waals surface area contributed by atoms with Gasteiger partial charge in [0.2, 0.25) is 21.8 Å². The minimum absolute atomic E-state index is 0.183. The van der Waals surface area contributed by atoms with E-state index < -0.39 is 15.3 Å². The van der Waals surface area contributed by atoms with Crippen LogP contribution < -0.4 is 5.32 Å². The van der Waals surface area contributed by atoms with Gasteiger partial charge in [-0.15, -0.1) is 10.2 Å². The summed E-state index contributed by atoms with van der Waals surface area (Å²) in [5, 5.41) is 14.0. The molecule has 1 aromatic carbocycles. The Morgan fingerprint density at radius 3 is 2.69 bits per heavy atom. The van der Waals surface area contributed by atoms with Gasteiger partial charge in [0.1, 0.15) is 5.76 Å². The van der Waals surface area contributed by atoms with Crippen LogP contribution in [0, 0.1) is 6.92 Å². The van der Waals surface area contributed by atoms with Crippen LogP contribution in [0.1, 0.15) is 31.9 Å². The molecule has 0 bridgehead atoms. The molecule has 1 saturated heterocycles. The van der Waals surface area contributed by atoms with Crippen molar-refractivity contribution in [2.24, 2.45) is 0 Å². The van der Waals surface area contributed by atoms with Crippen molar-refractivity contribution in [3.8, 4) is 11.5 Å². The van der Waals surface area contributed by atoms with Crippen molar-refractivity contribution in [3.05, 3.63) is 36.1 Å². The molecule has 1 aliphatic rings. The second-order valence-corrected chi connectivity index (χ2v) is 10.7. The average molecular weight is 478 g/mol. The first-order valence-corrected chi connectivity index (χ1v) is 12.5. The first-order valence-electron chi connectivity index (χ1n) is 10.2. The van der Waals surface area contributed by atoms with Crippen molar-refractivity contribution in [1.82, 2.24) is 19.7 Å². The number of benzene rings is 1. The molecule has 1 fully saturated rings. The second-order valence-electron chi connectivity index (χ2n) is 7.44. The zero-order valence-electron chi connectivity index (χ0n) is 17.6. The smallest absolute Gasteiger partial charge is 0.277 e. The monoisotopic (exact) mass is 477 g/mol. The predicted octanol–water partition coefficient (Wildman–Crippen LogP) is 3.33. The van der Waals surface area contributed by atoms with Gasteiger partial charge >= 0.3 is 0 Å². The van der Waals surface area contributed by atoms with Crippen LogP contribution >= 0.6 is 11.8 Å². The van der Waals surface area contributed by atoms with Gasteiger partial charge in [0, 0.05) is 24.7 Å². The number of nitrogens with zero attached hydrogens (tertiary/aromatic N) is 4. The van der Waals surface area contributed by atoms with Crippen LogP contribution in [0.15, 0.2) is 49.4 Å². The molecule has 0 aliphatic carbocycles. The van der Waals surface area contributed by atoms with Crippen LogP contribution in [0.25, 0.3) is 11.5 Å². The van der Waals surface area contributed by atoms with E-state index in [2.05, 4.69) is 20.7 Å². The predicted molar refractivity (Wildman–Crippen MR) is 118 cm³/mol. The average Bonchev–Trinajstić information content (AvgIpc) is 3.43. The molecule has 0 saturated carbocycles. The van der Waals surface area contributed by atoms with Crippen LogP contribution in [-0.2, 0) is 14.8 Å². The Hall–Kier alpha value is -2.70.